The van der Waals surface area contributed by atoms with E-state index in [0.29, 0.717) is 41.5 Å². The Morgan fingerprint density at radius 3 is 2.35 bits per heavy atom. The number of fused-ring (bicyclic) bond motifs is 1. The number of ether oxygens (including phenoxy) is 3. The Kier molecular flexibility index (Phi) is 7.47. The van der Waals surface area contributed by atoms with Gasteiger partial charge in [-0.2, -0.15) is 4.72 Å². The maximum Gasteiger partial charge on any atom is 0.324 e. The molecule has 0 saturated heterocycles. The molecule has 0 aliphatic carbocycles. The highest BCUT2D eigenvalue weighted by Crippen LogP contribution is 2.32. The number of hydrogen-bond donors (Lipinski definition) is 2. The number of Topliss-reactive ketones (excluding diaryl/α,β-unsaturated/α-hetero) is 2. The van der Waals surface area contributed by atoms with Crippen LogP contribution in [0.25, 0.3) is 0 Å². The van der Waals surface area contributed by atoms with Crippen LogP contribution < -0.4 is 14.2 Å². The molecule has 184 valence electrons. The molecule has 0 saturated carbocycles. The number of aromatic nitrogens is 1. The van der Waals surface area contributed by atoms with Gasteiger partial charge in [-0.1, -0.05) is 13.8 Å². The molecule has 11 heteroatoms. The van der Waals surface area contributed by atoms with Gasteiger partial charge >= 0.3 is 5.97 Å². The van der Waals surface area contributed by atoms with Crippen molar-refractivity contribution in [3.8, 4) is 11.5 Å². The van der Waals surface area contributed by atoms with E-state index in [2.05, 4.69) is 9.71 Å². The maximum absolute atomic E-state index is 12.9. The summed E-state index contributed by atoms with van der Waals surface area (Å²) in [5.74, 6) is -1.34. The van der Waals surface area contributed by atoms with Gasteiger partial charge in [0.2, 0.25) is 15.8 Å². The first-order valence-corrected chi connectivity index (χ1v) is 12.2. The number of ketones is 2. The molecule has 0 bridgehead atoms. The van der Waals surface area contributed by atoms with Gasteiger partial charge in [-0.15, -0.1) is 0 Å². The van der Waals surface area contributed by atoms with E-state index in [-0.39, 0.29) is 16.4 Å². The van der Waals surface area contributed by atoms with E-state index < -0.39 is 40.3 Å². The van der Waals surface area contributed by atoms with Crippen molar-refractivity contribution in [3.63, 3.8) is 0 Å². The number of sulfonamides is 1. The summed E-state index contributed by atoms with van der Waals surface area (Å²) in [5.41, 5.74) is 1.62. The van der Waals surface area contributed by atoms with Gasteiger partial charge in [0.25, 0.3) is 0 Å². The zero-order chi connectivity index (χ0) is 25.2. The first-order chi connectivity index (χ1) is 15.9. The SMILES string of the molecule is CC(=O)c1c(C)[nH]c(C(=O)COC(=O)[C@H](NS(=O)(=O)c2ccc3c(c2)OCCO3)C(C)C)c1C. The van der Waals surface area contributed by atoms with Gasteiger partial charge in [-0.25, -0.2) is 8.42 Å². The van der Waals surface area contributed by atoms with Crippen LogP contribution in [0.4, 0.5) is 0 Å². The summed E-state index contributed by atoms with van der Waals surface area (Å²) >= 11 is 0. The molecule has 2 N–H and O–H groups in total. The number of nitrogens with one attached hydrogen (secondary N) is 2. The zero-order valence-electron chi connectivity index (χ0n) is 19.7. The predicted molar refractivity (Wildman–Crippen MR) is 122 cm³/mol. The van der Waals surface area contributed by atoms with Crippen molar-refractivity contribution in [1.82, 2.24) is 9.71 Å². The van der Waals surface area contributed by atoms with Crippen molar-refractivity contribution < 1.29 is 37.0 Å². The molecule has 2 heterocycles. The van der Waals surface area contributed by atoms with Gasteiger partial charge in [-0.05, 0) is 44.4 Å². The number of rotatable bonds is 9. The number of carbonyl (C=O) groups excluding carboxylic acids is 3. The zero-order valence-corrected chi connectivity index (χ0v) is 20.5. The number of esters is 1. The largest absolute Gasteiger partial charge is 0.486 e. The molecule has 34 heavy (non-hydrogen) atoms. The Morgan fingerprint density at radius 2 is 1.76 bits per heavy atom. The number of hydrogen-bond acceptors (Lipinski definition) is 8. The highest BCUT2D eigenvalue weighted by Gasteiger charge is 2.31. The summed E-state index contributed by atoms with van der Waals surface area (Å²) in [5, 5.41) is 0. The minimum atomic E-state index is -4.11. The van der Waals surface area contributed by atoms with Crippen molar-refractivity contribution in [1.29, 1.82) is 0 Å². The summed E-state index contributed by atoms with van der Waals surface area (Å²) < 4.78 is 44.2. The van der Waals surface area contributed by atoms with E-state index in [1.54, 1.807) is 27.7 Å². The van der Waals surface area contributed by atoms with E-state index in [1.807, 2.05) is 0 Å². The Morgan fingerprint density at radius 1 is 1.12 bits per heavy atom. The lowest BCUT2D eigenvalue weighted by Gasteiger charge is -2.22. The van der Waals surface area contributed by atoms with Crippen molar-refractivity contribution in [2.75, 3.05) is 19.8 Å². The molecular formula is C23H28N2O8S. The Hall–Kier alpha value is -3.18. The Balaban J connectivity index is 1.72. The van der Waals surface area contributed by atoms with E-state index in [1.165, 1.54) is 25.1 Å². The molecule has 10 nitrogen and oxygen atoms in total. The van der Waals surface area contributed by atoms with Gasteiger partial charge < -0.3 is 19.2 Å². The molecule has 2 aromatic rings. The van der Waals surface area contributed by atoms with Gasteiger partial charge in [0.05, 0.1) is 10.6 Å². The quantitative estimate of drug-likeness (QED) is 0.401. The fourth-order valence-corrected chi connectivity index (χ4v) is 5.09. The van der Waals surface area contributed by atoms with E-state index in [0.717, 1.165) is 0 Å². The fraction of sp³-hybridized carbons (Fsp3) is 0.435. The lowest BCUT2D eigenvalue weighted by Crippen LogP contribution is -2.45. The van der Waals surface area contributed by atoms with Crippen LogP contribution in [-0.4, -0.2) is 56.8 Å². The summed E-state index contributed by atoms with van der Waals surface area (Å²) in [6.45, 7) is 8.07. The van der Waals surface area contributed by atoms with Gasteiger partial charge in [0.1, 0.15) is 19.3 Å². The molecule has 1 aliphatic heterocycles. The molecule has 0 unspecified atom stereocenters. The lowest BCUT2D eigenvalue weighted by molar-refractivity contribution is -0.145. The first-order valence-electron chi connectivity index (χ1n) is 10.7. The first kappa shape index (κ1) is 25.4. The monoisotopic (exact) mass is 492 g/mol. The normalized spacial score (nSPS) is 14.1. The number of aryl methyl sites for hydroxylation is 1. The van der Waals surface area contributed by atoms with Crippen molar-refractivity contribution in [3.05, 3.63) is 40.7 Å². The maximum atomic E-state index is 12.9. The average molecular weight is 493 g/mol. The number of benzene rings is 1. The van der Waals surface area contributed by atoms with E-state index in [4.69, 9.17) is 14.2 Å². The third-order valence-corrected chi connectivity index (χ3v) is 6.88. The molecule has 0 fully saturated rings. The smallest absolute Gasteiger partial charge is 0.324 e. The van der Waals surface area contributed by atoms with Gasteiger partial charge in [-0.3, -0.25) is 14.4 Å². The van der Waals surface area contributed by atoms with Crippen molar-refractivity contribution in [2.24, 2.45) is 5.92 Å². The number of H-pyrrole nitrogens is 1. The van der Waals surface area contributed by atoms with Crippen LogP contribution in [0.5, 0.6) is 11.5 Å². The minimum Gasteiger partial charge on any atom is -0.486 e. The van der Waals surface area contributed by atoms with Crippen LogP contribution in [0.2, 0.25) is 0 Å². The number of aromatic amines is 1. The summed E-state index contributed by atoms with van der Waals surface area (Å²) in [6.07, 6.45) is 0. The molecule has 0 spiro atoms. The molecule has 1 atom stereocenters. The third kappa shape index (κ3) is 5.31. The molecule has 1 aromatic heterocycles. The van der Waals surface area contributed by atoms with Crippen LogP contribution in [0.1, 0.15) is 52.9 Å². The van der Waals surface area contributed by atoms with Crippen molar-refractivity contribution >= 4 is 27.6 Å². The van der Waals surface area contributed by atoms with Crippen LogP contribution in [0.3, 0.4) is 0 Å². The topological polar surface area (TPSA) is 141 Å². The molecule has 1 aromatic carbocycles. The summed E-state index contributed by atoms with van der Waals surface area (Å²) in [6, 6.07) is 2.93. The second kappa shape index (κ2) is 9.98. The lowest BCUT2D eigenvalue weighted by atomic mass is 10.1. The predicted octanol–water partition coefficient (Wildman–Crippen LogP) is 2.33. The second-order valence-electron chi connectivity index (χ2n) is 8.36. The second-order valence-corrected chi connectivity index (χ2v) is 10.1. The summed E-state index contributed by atoms with van der Waals surface area (Å²) in [4.78, 5) is 39.9. The van der Waals surface area contributed by atoms with Crippen LogP contribution in [0, 0.1) is 19.8 Å². The molecule has 1 aliphatic rings. The molecular weight excluding hydrogens is 464 g/mol. The summed E-state index contributed by atoms with van der Waals surface area (Å²) in [7, 11) is -4.11. The Labute approximate surface area is 198 Å². The van der Waals surface area contributed by atoms with Gasteiger partial charge in [0, 0.05) is 17.3 Å². The number of carbonyl (C=O) groups is 3. The van der Waals surface area contributed by atoms with E-state index in [9.17, 15) is 22.8 Å². The molecule has 0 radical (unpaired) electrons. The minimum absolute atomic E-state index is 0.0967. The van der Waals surface area contributed by atoms with Crippen LogP contribution >= 0.6 is 0 Å². The van der Waals surface area contributed by atoms with E-state index >= 15 is 0 Å². The van der Waals surface area contributed by atoms with Crippen molar-refractivity contribution in [2.45, 2.75) is 45.6 Å². The van der Waals surface area contributed by atoms with Gasteiger partial charge in [0.15, 0.2) is 23.9 Å². The fourth-order valence-electron chi connectivity index (χ4n) is 3.74. The highest BCUT2D eigenvalue weighted by atomic mass is 32.2. The standard InChI is InChI=1S/C23H28N2O8S/c1-12(2)21(25-34(29,30)16-6-7-18-19(10-16)32-9-8-31-18)23(28)33-11-17(27)22-13(3)20(15(5)26)14(4)24-22/h6-7,10,12,21,24-25H,8-9,11H2,1-5H3/t21-/m1/s1. The van der Waals surface area contributed by atoms with Crippen LogP contribution in [-0.2, 0) is 19.6 Å². The molecule has 3 rings (SSSR count). The van der Waals surface area contributed by atoms with Crippen LogP contribution in [0.15, 0.2) is 23.1 Å². The highest BCUT2D eigenvalue weighted by molar-refractivity contribution is 7.89. The molecule has 0 amide bonds. The Bertz CT molecular complexity index is 1230. The average Bonchev–Trinajstić information content (AvgIpc) is 3.09. The third-order valence-electron chi connectivity index (χ3n) is 5.44.